The molecule has 2 rings (SSSR count). The fourth-order valence-electron chi connectivity index (χ4n) is 2.24. The molecule has 0 spiro atoms. The molecule has 0 amide bonds. The topological polar surface area (TPSA) is 55.4 Å². The largest absolute Gasteiger partial charge is 0.497 e. The maximum absolute atomic E-state index is 12.3. The third-order valence-corrected chi connectivity index (χ3v) is 5.96. The molecule has 1 fully saturated rings. The van der Waals surface area contributed by atoms with Gasteiger partial charge in [0.15, 0.2) is 0 Å². The zero-order valence-corrected chi connectivity index (χ0v) is 13.2. The lowest BCUT2D eigenvalue weighted by Crippen LogP contribution is -2.42. The summed E-state index contributed by atoms with van der Waals surface area (Å²) < 4.78 is 32.4. The van der Waals surface area contributed by atoms with Gasteiger partial charge in [-0.1, -0.05) is 28.8 Å². The first-order valence-electron chi connectivity index (χ1n) is 6.33. The van der Waals surface area contributed by atoms with Crippen molar-refractivity contribution in [3.05, 3.63) is 24.3 Å². The number of nitrogens with one attached hydrogen (secondary N) is 1. The van der Waals surface area contributed by atoms with Crippen LogP contribution < -0.4 is 9.46 Å². The Morgan fingerprint density at radius 2 is 1.84 bits per heavy atom. The van der Waals surface area contributed by atoms with Gasteiger partial charge in [0.2, 0.25) is 10.0 Å². The molecule has 0 aromatic heterocycles. The van der Waals surface area contributed by atoms with Crippen LogP contribution in [0, 0.1) is 0 Å². The Balaban J connectivity index is 2.12. The lowest BCUT2D eigenvalue weighted by Gasteiger charge is -2.27. The molecule has 106 valence electrons. The van der Waals surface area contributed by atoms with Crippen LogP contribution in [-0.4, -0.2) is 26.4 Å². The summed E-state index contributed by atoms with van der Waals surface area (Å²) in [6, 6.07) is 6.41. The fraction of sp³-hybridized carbons (Fsp3) is 0.538. The SMILES string of the molecule is COc1ccc(S(=O)(=O)NC2CCCCC2Br)cc1. The number of hydrogen-bond acceptors (Lipinski definition) is 3. The average Bonchev–Trinajstić information content (AvgIpc) is 2.41. The number of methoxy groups -OCH3 is 1. The van der Waals surface area contributed by atoms with E-state index in [1.54, 1.807) is 31.4 Å². The molecule has 1 aliphatic carbocycles. The van der Waals surface area contributed by atoms with Crippen molar-refractivity contribution in [1.82, 2.24) is 4.72 Å². The Labute approximate surface area is 122 Å². The highest BCUT2D eigenvalue weighted by Crippen LogP contribution is 2.26. The van der Waals surface area contributed by atoms with Crippen molar-refractivity contribution in [1.29, 1.82) is 0 Å². The second-order valence-corrected chi connectivity index (χ2v) is 7.59. The summed E-state index contributed by atoms with van der Waals surface area (Å²) in [4.78, 5) is 0.493. The monoisotopic (exact) mass is 347 g/mol. The summed E-state index contributed by atoms with van der Waals surface area (Å²) in [6.07, 6.45) is 4.11. The summed E-state index contributed by atoms with van der Waals surface area (Å²) in [5.41, 5.74) is 0. The molecule has 19 heavy (non-hydrogen) atoms. The molecule has 4 nitrogen and oxygen atoms in total. The third kappa shape index (κ3) is 3.70. The summed E-state index contributed by atoms with van der Waals surface area (Å²) in [7, 11) is -1.90. The van der Waals surface area contributed by atoms with Crippen LogP contribution in [0.2, 0.25) is 0 Å². The summed E-state index contributed by atoms with van der Waals surface area (Å²) in [6.45, 7) is 0. The molecule has 1 saturated carbocycles. The Morgan fingerprint density at radius 3 is 2.42 bits per heavy atom. The standard InChI is InChI=1S/C13H18BrNO3S/c1-18-10-6-8-11(9-7-10)19(16,17)15-13-5-3-2-4-12(13)14/h6-9,12-13,15H,2-5H2,1H3. The van der Waals surface area contributed by atoms with Crippen LogP contribution >= 0.6 is 15.9 Å². The number of benzene rings is 1. The maximum Gasteiger partial charge on any atom is 0.240 e. The number of hydrogen-bond donors (Lipinski definition) is 1. The number of rotatable bonds is 4. The Morgan fingerprint density at radius 1 is 1.21 bits per heavy atom. The molecule has 0 radical (unpaired) electrons. The first-order valence-corrected chi connectivity index (χ1v) is 8.73. The predicted octanol–water partition coefficient (Wildman–Crippen LogP) is 2.68. The van der Waals surface area contributed by atoms with Crippen molar-refractivity contribution in [3.63, 3.8) is 0 Å². The molecular formula is C13H18BrNO3S. The van der Waals surface area contributed by atoms with Crippen LogP contribution in [0.3, 0.4) is 0 Å². The van der Waals surface area contributed by atoms with Gasteiger partial charge in [-0.25, -0.2) is 13.1 Å². The zero-order chi connectivity index (χ0) is 13.9. The minimum Gasteiger partial charge on any atom is -0.497 e. The van der Waals surface area contributed by atoms with Gasteiger partial charge in [-0.15, -0.1) is 0 Å². The summed E-state index contributed by atoms with van der Waals surface area (Å²) in [5.74, 6) is 0.648. The summed E-state index contributed by atoms with van der Waals surface area (Å²) in [5, 5.41) is 0. The number of alkyl halides is 1. The van der Waals surface area contributed by atoms with Crippen LogP contribution in [0.25, 0.3) is 0 Å². The van der Waals surface area contributed by atoms with E-state index in [1.165, 1.54) is 0 Å². The normalized spacial score (nSPS) is 24.1. The quantitative estimate of drug-likeness (QED) is 0.852. The first-order chi connectivity index (χ1) is 9.03. The molecule has 0 bridgehead atoms. The molecule has 0 heterocycles. The Kier molecular flexibility index (Phi) is 4.86. The van der Waals surface area contributed by atoms with Crippen LogP contribution in [0.1, 0.15) is 25.7 Å². The lowest BCUT2D eigenvalue weighted by atomic mass is 9.96. The van der Waals surface area contributed by atoms with E-state index in [0.717, 1.165) is 25.7 Å². The van der Waals surface area contributed by atoms with E-state index in [9.17, 15) is 8.42 Å². The molecule has 2 atom stereocenters. The van der Waals surface area contributed by atoms with Crippen molar-refractivity contribution in [2.75, 3.05) is 7.11 Å². The van der Waals surface area contributed by atoms with Gasteiger partial charge < -0.3 is 4.74 Å². The molecule has 0 aliphatic heterocycles. The van der Waals surface area contributed by atoms with E-state index in [-0.39, 0.29) is 15.8 Å². The van der Waals surface area contributed by atoms with Crippen molar-refractivity contribution >= 4 is 26.0 Å². The molecule has 0 saturated heterocycles. The highest BCUT2D eigenvalue weighted by atomic mass is 79.9. The lowest BCUT2D eigenvalue weighted by molar-refractivity contribution is 0.414. The van der Waals surface area contributed by atoms with Crippen LogP contribution in [0.5, 0.6) is 5.75 Å². The molecule has 1 aliphatic rings. The van der Waals surface area contributed by atoms with Crippen molar-refractivity contribution in [3.8, 4) is 5.75 Å². The second kappa shape index (κ2) is 6.24. The van der Waals surface area contributed by atoms with Crippen molar-refractivity contribution in [2.24, 2.45) is 0 Å². The molecule has 1 N–H and O–H groups in total. The molecular weight excluding hydrogens is 330 g/mol. The van der Waals surface area contributed by atoms with Gasteiger partial charge in [-0.3, -0.25) is 0 Å². The van der Waals surface area contributed by atoms with Gasteiger partial charge >= 0.3 is 0 Å². The summed E-state index contributed by atoms with van der Waals surface area (Å²) >= 11 is 3.56. The van der Waals surface area contributed by atoms with Gasteiger partial charge in [0.1, 0.15) is 5.75 Å². The minimum absolute atomic E-state index is 0.0270. The van der Waals surface area contributed by atoms with Crippen LogP contribution in [-0.2, 0) is 10.0 Å². The van der Waals surface area contributed by atoms with E-state index >= 15 is 0 Å². The highest BCUT2D eigenvalue weighted by Gasteiger charge is 2.27. The third-order valence-electron chi connectivity index (χ3n) is 3.36. The number of halogens is 1. The molecule has 6 heteroatoms. The fourth-order valence-corrected chi connectivity index (χ4v) is 4.45. The van der Waals surface area contributed by atoms with E-state index in [1.807, 2.05) is 0 Å². The smallest absolute Gasteiger partial charge is 0.240 e. The van der Waals surface area contributed by atoms with Gasteiger partial charge in [0.25, 0.3) is 0 Å². The average molecular weight is 348 g/mol. The Bertz CT molecular complexity index is 515. The van der Waals surface area contributed by atoms with Crippen LogP contribution in [0.15, 0.2) is 29.2 Å². The molecule has 2 unspecified atom stereocenters. The van der Waals surface area contributed by atoms with Gasteiger partial charge in [0, 0.05) is 10.9 Å². The molecule has 1 aromatic rings. The van der Waals surface area contributed by atoms with E-state index in [0.29, 0.717) is 5.75 Å². The van der Waals surface area contributed by atoms with Crippen molar-refractivity contribution < 1.29 is 13.2 Å². The van der Waals surface area contributed by atoms with E-state index in [2.05, 4.69) is 20.7 Å². The highest BCUT2D eigenvalue weighted by molar-refractivity contribution is 9.09. The van der Waals surface area contributed by atoms with Crippen molar-refractivity contribution in [2.45, 2.75) is 41.4 Å². The minimum atomic E-state index is -3.45. The van der Waals surface area contributed by atoms with Gasteiger partial charge in [-0.2, -0.15) is 0 Å². The molecule has 1 aromatic carbocycles. The zero-order valence-electron chi connectivity index (χ0n) is 10.8. The van der Waals surface area contributed by atoms with Gasteiger partial charge in [0.05, 0.1) is 12.0 Å². The van der Waals surface area contributed by atoms with E-state index < -0.39 is 10.0 Å². The first kappa shape index (κ1) is 14.8. The predicted molar refractivity (Wildman–Crippen MR) is 78.3 cm³/mol. The van der Waals surface area contributed by atoms with Gasteiger partial charge in [-0.05, 0) is 37.1 Å². The number of sulfonamides is 1. The second-order valence-electron chi connectivity index (χ2n) is 4.70. The number of ether oxygens (including phenoxy) is 1. The van der Waals surface area contributed by atoms with E-state index in [4.69, 9.17) is 4.74 Å². The Hall–Kier alpha value is -0.590. The maximum atomic E-state index is 12.3. The van der Waals surface area contributed by atoms with Crippen LogP contribution in [0.4, 0.5) is 0 Å².